The number of benzene rings is 4. The molecular formula is C51H59N5O6. The van der Waals surface area contributed by atoms with Gasteiger partial charge in [0.1, 0.15) is 29.9 Å². The number of anilines is 2. The highest BCUT2D eigenvalue weighted by Gasteiger charge is 2.48. The first-order valence-corrected chi connectivity index (χ1v) is 22.8. The summed E-state index contributed by atoms with van der Waals surface area (Å²) in [5.74, 6) is 2.89. The average molecular weight is 838 g/mol. The Kier molecular flexibility index (Phi) is 10.9. The summed E-state index contributed by atoms with van der Waals surface area (Å²) in [6.45, 7) is 7.32. The summed E-state index contributed by atoms with van der Waals surface area (Å²) < 4.78 is 11.9. The van der Waals surface area contributed by atoms with Gasteiger partial charge < -0.3 is 29.3 Å². The number of likely N-dealkylation sites (N-methyl/N-ethyl adjacent to an activating group) is 1. The van der Waals surface area contributed by atoms with Crippen molar-refractivity contribution in [2.24, 2.45) is 11.3 Å². The summed E-state index contributed by atoms with van der Waals surface area (Å²) in [6.07, 6.45) is 9.23. The highest BCUT2D eigenvalue weighted by molar-refractivity contribution is 6.06. The van der Waals surface area contributed by atoms with Gasteiger partial charge in [0.15, 0.2) is 0 Å². The molecule has 11 nitrogen and oxygen atoms in total. The second-order valence-electron chi connectivity index (χ2n) is 18.9. The van der Waals surface area contributed by atoms with Crippen molar-refractivity contribution < 1.29 is 29.0 Å². The third-order valence-electron chi connectivity index (χ3n) is 15.2. The molecule has 0 aromatic heterocycles. The largest absolute Gasteiger partial charge is 0.508 e. The molecule has 2 unspecified atom stereocenters. The van der Waals surface area contributed by atoms with Gasteiger partial charge in [-0.1, -0.05) is 42.5 Å². The fourth-order valence-electron chi connectivity index (χ4n) is 11.8. The number of hydrogen-bond acceptors (Lipinski definition) is 9. The van der Waals surface area contributed by atoms with E-state index in [1.54, 1.807) is 18.1 Å². The number of phenols is 1. The number of ether oxygens (including phenoxy) is 2. The minimum absolute atomic E-state index is 0.145. The molecule has 1 N–H and O–H groups in total. The molecule has 1 spiro atoms. The second-order valence-corrected chi connectivity index (χ2v) is 18.9. The first-order chi connectivity index (χ1) is 30.1. The number of aryl methyl sites for hydroxylation is 1. The number of likely N-dealkylation sites (tertiary alicyclic amines) is 1. The number of piperidine rings is 2. The lowest BCUT2D eigenvalue weighted by molar-refractivity contribution is -0.150. The van der Waals surface area contributed by atoms with Gasteiger partial charge in [-0.05, 0) is 122 Å². The topological polar surface area (TPSA) is 106 Å². The van der Waals surface area contributed by atoms with Crippen LogP contribution in [0.4, 0.5) is 11.4 Å². The second kappa shape index (κ2) is 16.6. The molecule has 2 aliphatic carbocycles. The maximum atomic E-state index is 13.4. The van der Waals surface area contributed by atoms with Crippen LogP contribution in [0.3, 0.4) is 0 Å². The van der Waals surface area contributed by atoms with E-state index in [1.807, 2.05) is 24.3 Å². The summed E-state index contributed by atoms with van der Waals surface area (Å²) in [6, 6.07) is 28.6. The van der Waals surface area contributed by atoms with Crippen molar-refractivity contribution in [3.8, 4) is 17.2 Å². The van der Waals surface area contributed by atoms with Crippen LogP contribution < -0.4 is 19.3 Å². The first-order valence-electron chi connectivity index (χ1n) is 22.8. The molecule has 11 heteroatoms. The van der Waals surface area contributed by atoms with Gasteiger partial charge in [-0.3, -0.25) is 24.2 Å². The summed E-state index contributed by atoms with van der Waals surface area (Å²) >= 11 is 0. The first kappa shape index (κ1) is 40.5. The van der Waals surface area contributed by atoms with Crippen LogP contribution in [0, 0.1) is 11.3 Å². The molecule has 3 atom stereocenters. The van der Waals surface area contributed by atoms with Crippen molar-refractivity contribution in [2.45, 2.75) is 82.3 Å². The van der Waals surface area contributed by atoms with Crippen LogP contribution in [0.25, 0.3) is 0 Å². The van der Waals surface area contributed by atoms with Gasteiger partial charge in [-0.15, -0.1) is 0 Å². The Bertz CT molecular complexity index is 2340. The van der Waals surface area contributed by atoms with Gasteiger partial charge in [0, 0.05) is 75.6 Å². The maximum absolute atomic E-state index is 13.4. The lowest BCUT2D eigenvalue weighted by Gasteiger charge is -2.54. The Labute approximate surface area is 365 Å². The predicted octanol–water partition coefficient (Wildman–Crippen LogP) is 7.04. The Hall–Kier alpha value is -5.55. The zero-order valence-corrected chi connectivity index (χ0v) is 36.1. The van der Waals surface area contributed by atoms with Crippen LogP contribution >= 0.6 is 0 Å². The number of carbonyl (C=O) groups is 3. The Morgan fingerprint density at radius 2 is 1.66 bits per heavy atom. The number of rotatable bonds is 6. The van der Waals surface area contributed by atoms with Crippen LogP contribution in [-0.4, -0.2) is 110 Å². The van der Waals surface area contributed by atoms with Crippen LogP contribution in [0.15, 0.2) is 84.9 Å². The van der Waals surface area contributed by atoms with Crippen molar-refractivity contribution in [3.05, 3.63) is 113 Å². The van der Waals surface area contributed by atoms with E-state index in [4.69, 9.17) is 9.47 Å². The van der Waals surface area contributed by atoms with Gasteiger partial charge in [-0.25, -0.2) is 0 Å². The molecule has 4 aromatic carbocycles. The minimum atomic E-state index is -0.603. The number of nitrogens with zero attached hydrogens (tertiary/aromatic N) is 5. The van der Waals surface area contributed by atoms with Crippen LogP contribution in [0.5, 0.6) is 17.2 Å². The predicted molar refractivity (Wildman–Crippen MR) is 239 cm³/mol. The fraction of sp³-hybridized carbons (Fsp3) is 0.471. The van der Waals surface area contributed by atoms with E-state index in [1.165, 1.54) is 68.1 Å². The molecule has 3 saturated heterocycles. The van der Waals surface area contributed by atoms with Gasteiger partial charge in [0.2, 0.25) is 5.91 Å². The van der Waals surface area contributed by atoms with Gasteiger partial charge in [-0.2, -0.15) is 0 Å². The fourth-order valence-corrected chi connectivity index (χ4v) is 11.8. The Morgan fingerprint density at radius 3 is 2.47 bits per heavy atom. The molecule has 1 saturated carbocycles. The van der Waals surface area contributed by atoms with E-state index < -0.39 is 6.04 Å². The lowest BCUT2D eigenvalue weighted by atomic mass is 9.57. The normalized spacial score (nSPS) is 24.3. The molecule has 324 valence electrons. The average Bonchev–Trinajstić information content (AvgIpc) is 3.63. The number of carbonyl (C=O) groups excluding carboxylic acids is 3. The van der Waals surface area contributed by atoms with Crippen LogP contribution in [-0.2, 0) is 29.0 Å². The number of phenolic OH excluding ortho intramolecular Hbond substituents is 1. The Morgan fingerprint density at radius 1 is 0.839 bits per heavy atom. The summed E-state index contributed by atoms with van der Waals surface area (Å²) in [5, 5.41) is 9.47. The molecule has 7 aliphatic rings. The Balaban J connectivity index is 0.000000225. The number of piperazine rings is 1. The molecule has 3 amide bonds. The van der Waals surface area contributed by atoms with Crippen LogP contribution in [0.1, 0.15) is 83.5 Å². The van der Waals surface area contributed by atoms with Crippen molar-refractivity contribution >= 4 is 29.1 Å². The highest BCUT2D eigenvalue weighted by Crippen LogP contribution is 2.53. The monoisotopic (exact) mass is 837 g/mol. The molecule has 5 aliphatic heterocycles. The highest BCUT2D eigenvalue weighted by atomic mass is 16.5. The van der Waals surface area contributed by atoms with Gasteiger partial charge in [0.25, 0.3) is 11.8 Å². The van der Waals surface area contributed by atoms with Crippen molar-refractivity contribution in [2.75, 3.05) is 69.8 Å². The van der Waals surface area contributed by atoms with Gasteiger partial charge in [0.05, 0.1) is 25.4 Å². The summed E-state index contributed by atoms with van der Waals surface area (Å²) in [4.78, 5) is 48.7. The van der Waals surface area contributed by atoms with E-state index in [0.29, 0.717) is 42.2 Å². The third-order valence-corrected chi connectivity index (χ3v) is 15.2. The number of methoxy groups -OCH3 is 1. The third kappa shape index (κ3) is 7.67. The molecule has 4 aromatic rings. The standard InChI is InChI=1S/C35H43N5O5.C16H16O/c1-36-31(41)9-8-30(34(36)43)40-21-28-27(33(40)42)6-7-29-32(28)45-22-25-20-37(14-15-39(25)29)19-23-17-35(18-23)10-12-38(13-11-35)24-4-3-5-26(16-24)44-2;17-16-9-8-14-10-13(6-7-15(14)11-16)12-4-2-1-3-5-12/h3-7,16,23,25,30H,8-15,17-22H2,1-2H3;1-5,8-9,11,13,17H,6-7,10H2/t;13-/m.0/s1. The van der Waals surface area contributed by atoms with Gasteiger partial charge >= 0.3 is 0 Å². The quantitative estimate of drug-likeness (QED) is 0.205. The van der Waals surface area contributed by atoms with Crippen molar-refractivity contribution in [1.82, 2.24) is 14.7 Å². The number of hydrogen-bond donors (Lipinski definition) is 1. The number of fused-ring (bicyclic) bond motifs is 6. The van der Waals surface area contributed by atoms with Crippen LogP contribution in [0.2, 0.25) is 0 Å². The summed E-state index contributed by atoms with van der Waals surface area (Å²) in [5.41, 5.74) is 8.49. The number of aromatic hydroxyl groups is 1. The van der Waals surface area contributed by atoms with E-state index in [9.17, 15) is 19.5 Å². The van der Waals surface area contributed by atoms with E-state index in [0.717, 1.165) is 79.1 Å². The molecule has 11 rings (SSSR count). The summed E-state index contributed by atoms with van der Waals surface area (Å²) in [7, 11) is 3.24. The smallest absolute Gasteiger partial charge is 0.255 e. The zero-order chi connectivity index (χ0) is 42.5. The molecule has 0 bridgehead atoms. The minimum Gasteiger partial charge on any atom is -0.508 e. The molecule has 4 fully saturated rings. The number of imide groups is 1. The van der Waals surface area contributed by atoms with Crippen molar-refractivity contribution in [3.63, 3.8) is 0 Å². The van der Waals surface area contributed by atoms with E-state index >= 15 is 0 Å². The molecular weight excluding hydrogens is 779 g/mol. The van der Waals surface area contributed by atoms with E-state index in [-0.39, 0.29) is 30.2 Å². The molecule has 62 heavy (non-hydrogen) atoms. The van der Waals surface area contributed by atoms with E-state index in [2.05, 4.69) is 69.3 Å². The SMILES string of the molecule is COc1cccc(N2CCC3(CC2)CC(CN2CCN4c5ccc6c(c5OCC4C2)CN(C2CCC(=O)N(C)C2=O)C6=O)C3)c1.Oc1ccc2c(c1)CC[C@H](c1ccccc1)C2. The maximum Gasteiger partial charge on any atom is 0.255 e. The van der Waals surface area contributed by atoms with Crippen molar-refractivity contribution in [1.29, 1.82) is 0 Å². The molecule has 0 radical (unpaired) electrons. The number of amides is 3. The lowest BCUT2D eigenvalue weighted by Crippen LogP contribution is -2.59. The zero-order valence-electron chi connectivity index (χ0n) is 36.1. The molecule has 5 heterocycles.